The first-order valence-electron chi connectivity index (χ1n) is 5.43. The van der Waals surface area contributed by atoms with Gasteiger partial charge >= 0.3 is 0 Å². The lowest BCUT2D eigenvalue weighted by atomic mass is 9.99. The lowest BCUT2D eigenvalue weighted by Crippen LogP contribution is -2.47. The second-order valence-corrected chi connectivity index (χ2v) is 4.66. The molecule has 0 aromatic carbocycles. The van der Waals surface area contributed by atoms with E-state index in [4.69, 9.17) is 4.74 Å². The van der Waals surface area contributed by atoms with Crippen LogP contribution in [-0.2, 0) is 4.74 Å². The van der Waals surface area contributed by atoms with Crippen LogP contribution >= 0.6 is 0 Å². The Balaban J connectivity index is 1.69. The number of hydrogen-bond donors (Lipinski definition) is 1. The zero-order valence-corrected chi connectivity index (χ0v) is 8.09. The fraction of sp³-hybridized carbons (Fsp3) is 1.00. The molecule has 74 valence electrons. The van der Waals surface area contributed by atoms with Gasteiger partial charge in [-0.25, -0.2) is 0 Å². The van der Waals surface area contributed by atoms with Gasteiger partial charge in [0.15, 0.2) is 0 Å². The standard InChI is InChI=1S/C10H18N2O/c1-2-10(1)8-11-7-9(10)12-3-5-13-6-4-12/h9,11H,1-8H2. The number of morpholine rings is 1. The quantitative estimate of drug-likeness (QED) is 0.621. The first-order valence-corrected chi connectivity index (χ1v) is 5.43. The topological polar surface area (TPSA) is 24.5 Å². The van der Waals surface area contributed by atoms with E-state index in [0.717, 1.165) is 32.3 Å². The third-order valence-corrected chi connectivity index (χ3v) is 3.90. The highest BCUT2D eigenvalue weighted by molar-refractivity contribution is 5.09. The van der Waals surface area contributed by atoms with Gasteiger partial charge in [0.2, 0.25) is 0 Å². The Bertz CT molecular complexity index is 197. The van der Waals surface area contributed by atoms with E-state index in [9.17, 15) is 0 Å². The molecule has 1 N–H and O–H groups in total. The van der Waals surface area contributed by atoms with Gasteiger partial charge < -0.3 is 10.1 Å². The van der Waals surface area contributed by atoms with E-state index in [2.05, 4.69) is 10.2 Å². The second-order valence-electron chi connectivity index (χ2n) is 4.66. The van der Waals surface area contributed by atoms with E-state index in [1.807, 2.05) is 0 Å². The summed E-state index contributed by atoms with van der Waals surface area (Å²) >= 11 is 0. The summed E-state index contributed by atoms with van der Waals surface area (Å²) in [7, 11) is 0. The average molecular weight is 182 g/mol. The van der Waals surface area contributed by atoms with Gasteiger partial charge in [-0.15, -0.1) is 0 Å². The third kappa shape index (κ3) is 1.30. The molecule has 2 heterocycles. The van der Waals surface area contributed by atoms with Crippen LogP contribution < -0.4 is 5.32 Å². The van der Waals surface area contributed by atoms with Crippen molar-refractivity contribution in [3.63, 3.8) is 0 Å². The molecule has 0 aromatic heterocycles. The summed E-state index contributed by atoms with van der Waals surface area (Å²) in [5.74, 6) is 0. The largest absolute Gasteiger partial charge is 0.379 e. The number of nitrogens with zero attached hydrogens (tertiary/aromatic N) is 1. The van der Waals surface area contributed by atoms with Gasteiger partial charge in [0.25, 0.3) is 0 Å². The minimum atomic E-state index is 0.678. The van der Waals surface area contributed by atoms with Crippen LogP contribution in [0.5, 0.6) is 0 Å². The molecule has 2 aliphatic heterocycles. The van der Waals surface area contributed by atoms with Gasteiger partial charge in [-0.3, -0.25) is 4.90 Å². The Kier molecular flexibility index (Phi) is 1.86. The minimum Gasteiger partial charge on any atom is -0.379 e. The molecule has 1 aliphatic carbocycles. The SMILES string of the molecule is C1CN(C2CNCC23CC3)CCO1. The third-order valence-electron chi connectivity index (χ3n) is 3.90. The maximum Gasteiger partial charge on any atom is 0.0594 e. The Morgan fingerprint density at radius 3 is 2.69 bits per heavy atom. The lowest BCUT2D eigenvalue weighted by molar-refractivity contribution is 0.00884. The van der Waals surface area contributed by atoms with Crippen molar-refractivity contribution < 1.29 is 4.74 Å². The highest BCUT2D eigenvalue weighted by Crippen LogP contribution is 2.52. The maximum absolute atomic E-state index is 5.39. The molecule has 13 heavy (non-hydrogen) atoms. The van der Waals surface area contributed by atoms with Crippen molar-refractivity contribution in [3.05, 3.63) is 0 Å². The highest BCUT2D eigenvalue weighted by Gasteiger charge is 2.54. The van der Waals surface area contributed by atoms with E-state index in [1.54, 1.807) is 0 Å². The van der Waals surface area contributed by atoms with Gasteiger partial charge in [0.05, 0.1) is 13.2 Å². The second kappa shape index (κ2) is 2.94. The van der Waals surface area contributed by atoms with E-state index in [0.29, 0.717) is 5.41 Å². The van der Waals surface area contributed by atoms with Crippen molar-refractivity contribution >= 4 is 0 Å². The molecular weight excluding hydrogens is 164 g/mol. The molecule has 0 amide bonds. The minimum absolute atomic E-state index is 0.678. The van der Waals surface area contributed by atoms with Crippen molar-refractivity contribution in [1.82, 2.24) is 10.2 Å². The van der Waals surface area contributed by atoms with Crippen molar-refractivity contribution in [2.45, 2.75) is 18.9 Å². The molecule has 3 fully saturated rings. The molecule has 1 spiro atoms. The van der Waals surface area contributed by atoms with Crippen LogP contribution in [0.2, 0.25) is 0 Å². The van der Waals surface area contributed by atoms with E-state index in [-0.39, 0.29) is 0 Å². The Hall–Kier alpha value is -0.120. The number of nitrogens with one attached hydrogen (secondary N) is 1. The van der Waals surface area contributed by atoms with Gasteiger partial charge in [-0.05, 0) is 18.3 Å². The Morgan fingerprint density at radius 1 is 1.23 bits per heavy atom. The number of rotatable bonds is 1. The smallest absolute Gasteiger partial charge is 0.0594 e. The van der Waals surface area contributed by atoms with Crippen molar-refractivity contribution in [3.8, 4) is 0 Å². The summed E-state index contributed by atoms with van der Waals surface area (Å²) in [5.41, 5.74) is 0.678. The summed E-state index contributed by atoms with van der Waals surface area (Å²) in [4.78, 5) is 2.64. The molecule has 1 atom stereocenters. The van der Waals surface area contributed by atoms with Crippen LogP contribution in [0.3, 0.4) is 0 Å². The van der Waals surface area contributed by atoms with Crippen molar-refractivity contribution in [2.75, 3.05) is 39.4 Å². The fourth-order valence-corrected chi connectivity index (χ4v) is 2.87. The van der Waals surface area contributed by atoms with Crippen LogP contribution in [-0.4, -0.2) is 50.3 Å². The normalized spacial score (nSPS) is 38.3. The van der Waals surface area contributed by atoms with Crippen LogP contribution in [0.15, 0.2) is 0 Å². The van der Waals surface area contributed by atoms with Crippen LogP contribution in [0.4, 0.5) is 0 Å². The molecule has 1 saturated carbocycles. The summed E-state index contributed by atoms with van der Waals surface area (Å²) in [6.45, 7) is 6.64. The molecule has 3 aliphatic rings. The number of ether oxygens (including phenoxy) is 1. The van der Waals surface area contributed by atoms with Crippen molar-refractivity contribution in [1.29, 1.82) is 0 Å². The molecule has 3 nitrogen and oxygen atoms in total. The Morgan fingerprint density at radius 2 is 2.00 bits per heavy atom. The molecule has 2 saturated heterocycles. The van der Waals surface area contributed by atoms with E-state index in [1.165, 1.54) is 25.9 Å². The highest BCUT2D eigenvalue weighted by atomic mass is 16.5. The van der Waals surface area contributed by atoms with Crippen LogP contribution in [0.1, 0.15) is 12.8 Å². The summed E-state index contributed by atoms with van der Waals surface area (Å²) in [5, 5.41) is 3.54. The first-order chi connectivity index (χ1) is 6.41. The summed E-state index contributed by atoms with van der Waals surface area (Å²) < 4.78 is 5.39. The van der Waals surface area contributed by atoms with Gasteiger partial charge in [0, 0.05) is 32.2 Å². The molecular formula is C10H18N2O. The first kappa shape index (κ1) is 8.21. The Labute approximate surface area is 79.4 Å². The van der Waals surface area contributed by atoms with Crippen molar-refractivity contribution in [2.24, 2.45) is 5.41 Å². The molecule has 0 bridgehead atoms. The van der Waals surface area contributed by atoms with Gasteiger partial charge in [0.1, 0.15) is 0 Å². The lowest BCUT2D eigenvalue weighted by Gasteiger charge is -2.35. The zero-order valence-electron chi connectivity index (χ0n) is 8.09. The van der Waals surface area contributed by atoms with E-state index >= 15 is 0 Å². The van der Waals surface area contributed by atoms with Crippen LogP contribution in [0.25, 0.3) is 0 Å². The maximum atomic E-state index is 5.39. The molecule has 3 rings (SSSR count). The predicted octanol–water partition coefficient (Wildman–Crippen LogP) is 0.0706. The molecule has 3 heteroatoms. The predicted molar refractivity (Wildman–Crippen MR) is 50.7 cm³/mol. The van der Waals surface area contributed by atoms with Gasteiger partial charge in [-0.1, -0.05) is 0 Å². The summed E-state index contributed by atoms with van der Waals surface area (Å²) in [6, 6.07) is 0.816. The monoisotopic (exact) mass is 182 g/mol. The average Bonchev–Trinajstić information content (AvgIpc) is 2.80. The zero-order chi connectivity index (χ0) is 8.73. The fourth-order valence-electron chi connectivity index (χ4n) is 2.87. The molecule has 1 unspecified atom stereocenters. The van der Waals surface area contributed by atoms with Crippen LogP contribution in [0, 0.1) is 5.41 Å². The summed E-state index contributed by atoms with van der Waals surface area (Å²) in [6.07, 6.45) is 2.89. The van der Waals surface area contributed by atoms with Gasteiger partial charge in [-0.2, -0.15) is 0 Å². The molecule has 0 aromatic rings. The van der Waals surface area contributed by atoms with E-state index < -0.39 is 0 Å². The molecule has 0 radical (unpaired) electrons. The number of hydrogen-bond acceptors (Lipinski definition) is 3.